The number of aliphatic imine (C=N–C) groups is 1. The number of halogens is 1. The molecule has 6 heteroatoms. The van der Waals surface area contributed by atoms with Crippen molar-refractivity contribution >= 4 is 17.6 Å². The van der Waals surface area contributed by atoms with E-state index in [0.717, 1.165) is 29.4 Å². The number of rotatable bonds is 6. The molecule has 0 spiro atoms. The molecule has 0 amide bonds. The van der Waals surface area contributed by atoms with E-state index in [9.17, 15) is 0 Å². The lowest BCUT2D eigenvalue weighted by atomic mass is 9.96. The number of nitrogens with zero attached hydrogens (tertiary/aromatic N) is 1. The van der Waals surface area contributed by atoms with Crippen LogP contribution in [-0.2, 0) is 16.1 Å². The molecule has 3 atom stereocenters. The van der Waals surface area contributed by atoms with E-state index in [1.807, 2.05) is 24.3 Å². The molecule has 3 unspecified atom stereocenters. The van der Waals surface area contributed by atoms with Gasteiger partial charge in [-0.3, -0.25) is 4.99 Å². The van der Waals surface area contributed by atoms with Crippen LogP contribution in [0.15, 0.2) is 29.3 Å². The van der Waals surface area contributed by atoms with Crippen LogP contribution < -0.4 is 10.6 Å². The van der Waals surface area contributed by atoms with Gasteiger partial charge < -0.3 is 20.1 Å². The van der Waals surface area contributed by atoms with Gasteiger partial charge in [-0.05, 0) is 37.0 Å². The fourth-order valence-corrected chi connectivity index (χ4v) is 3.43. The molecule has 126 valence electrons. The summed E-state index contributed by atoms with van der Waals surface area (Å²) in [6.45, 7) is 1.89. The second-order valence-corrected chi connectivity index (χ2v) is 6.48. The second-order valence-electron chi connectivity index (χ2n) is 6.04. The van der Waals surface area contributed by atoms with Crippen LogP contribution in [0.2, 0.25) is 5.02 Å². The fourth-order valence-electron chi connectivity index (χ4n) is 3.22. The first-order valence-corrected chi connectivity index (χ1v) is 8.57. The van der Waals surface area contributed by atoms with Crippen molar-refractivity contribution < 1.29 is 9.47 Å². The highest BCUT2D eigenvalue weighted by Crippen LogP contribution is 2.34. The van der Waals surface area contributed by atoms with Crippen molar-refractivity contribution in [2.24, 2.45) is 4.99 Å². The summed E-state index contributed by atoms with van der Waals surface area (Å²) in [4.78, 5) is 4.27. The maximum Gasteiger partial charge on any atom is 0.191 e. The quantitative estimate of drug-likeness (QED) is 0.475. The van der Waals surface area contributed by atoms with Gasteiger partial charge in [0.2, 0.25) is 0 Å². The van der Waals surface area contributed by atoms with Crippen LogP contribution in [0.5, 0.6) is 0 Å². The Bertz CT molecular complexity index is 552. The van der Waals surface area contributed by atoms with E-state index in [4.69, 9.17) is 21.1 Å². The van der Waals surface area contributed by atoms with Crippen LogP contribution in [0.4, 0.5) is 0 Å². The van der Waals surface area contributed by atoms with Gasteiger partial charge in [0.1, 0.15) is 0 Å². The highest BCUT2D eigenvalue weighted by atomic mass is 35.5. The first kappa shape index (κ1) is 16.6. The van der Waals surface area contributed by atoms with Gasteiger partial charge in [0, 0.05) is 18.6 Å². The summed E-state index contributed by atoms with van der Waals surface area (Å²) >= 11 is 5.95. The molecule has 0 aromatic heterocycles. The number of hydrogen-bond donors (Lipinski definition) is 2. The van der Waals surface area contributed by atoms with Crippen LogP contribution in [0, 0.1) is 0 Å². The van der Waals surface area contributed by atoms with E-state index in [1.165, 1.54) is 6.42 Å². The molecule has 2 aliphatic rings. The highest BCUT2D eigenvalue weighted by Gasteiger charge is 2.41. The minimum atomic E-state index is 0.345. The van der Waals surface area contributed by atoms with Crippen LogP contribution in [0.3, 0.4) is 0 Å². The third kappa shape index (κ3) is 4.59. The lowest BCUT2D eigenvalue weighted by molar-refractivity contribution is 0.0991. The van der Waals surface area contributed by atoms with E-state index >= 15 is 0 Å². The average molecular weight is 338 g/mol. The molecule has 2 heterocycles. The van der Waals surface area contributed by atoms with Gasteiger partial charge >= 0.3 is 0 Å². The van der Waals surface area contributed by atoms with Crippen molar-refractivity contribution in [2.75, 3.05) is 20.2 Å². The zero-order valence-corrected chi connectivity index (χ0v) is 14.2. The Labute approximate surface area is 142 Å². The van der Waals surface area contributed by atoms with E-state index in [1.54, 1.807) is 7.05 Å². The molecular formula is C17H24ClN3O2. The Morgan fingerprint density at radius 1 is 1.43 bits per heavy atom. The zero-order valence-electron chi connectivity index (χ0n) is 13.4. The lowest BCUT2D eigenvalue weighted by Gasteiger charge is -2.22. The number of benzene rings is 1. The fraction of sp³-hybridized carbons (Fsp3) is 0.588. The van der Waals surface area contributed by atoms with Gasteiger partial charge in [-0.2, -0.15) is 0 Å². The monoisotopic (exact) mass is 337 g/mol. The maximum atomic E-state index is 5.95. The number of guanidine groups is 1. The van der Waals surface area contributed by atoms with Crippen LogP contribution in [-0.4, -0.2) is 44.4 Å². The van der Waals surface area contributed by atoms with Crippen molar-refractivity contribution in [1.82, 2.24) is 10.6 Å². The summed E-state index contributed by atoms with van der Waals surface area (Å²) < 4.78 is 11.5. The third-order valence-electron chi connectivity index (χ3n) is 4.35. The van der Waals surface area contributed by atoms with Crippen LogP contribution >= 0.6 is 11.6 Å². The molecule has 2 saturated heterocycles. The van der Waals surface area contributed by atoms with Crippen LogP contribution in [0.25, 0.3) is 0 Å². The van der Waals surface area contributed by atoms with E-state index in [2.05, 4.69) is 15.6 Å². The molecule has 23 heavy (non-hydrogen) atoms. The first-order valence-electron chi connectivity index (χ1n) is 8.19. The van der Waals surface area contributed by atoms with Crippen LogP contribution in [0.1, 0.15) is 24.8 Å². The molecule has 0 radical (unpaired) electrons. The van der Waals surface area contributed by atoms with Gasteiger partial charge in [0.15, 0.2) is 5.96 Å². The predicted molar refractivity (Wildman–Crippen MR) is 91.9 cm³/mol. The summed E-state index contributed by atoms with van der Waals surface area (Å²) in [6.07, 6.45) is 4.22. The highest BCUT2D eigenvalue weighted by molar-refractivity contribution is 6.30. The summed E-state index contributed by atoms with van der Waals surface area (Å²) in [5, 5.41) is 7.48. The lowest BCUT2D eigenvalue weighted by Crippen LogP contribution is -2.48. The summed E-state index contributed by atoms with van der Waals surface area (Å²) in [5.74, 6) is 0.817. The summed E-state index contributed by atoms with van der Waals surface area (Å²) in [5.41, 5.74) is 1.08. The van der Waals surface area contributed by atoms with Crippen molar-refractivity contribution in [1.29, 1.82) is 0 Å². The maximum absolute atomic E-state index is 5.95. The zero-order chi connectivity index (χ0) is 16.1. The molecule has 2 aliphatic heterocycles. The number of ether oxygens (including phenoxy) is 2. The van der Waals surface area contributed by atoms with Crippen molar-refractivity contribution in [2.45, 2.75) is 44.1 Å². The smallest absolute Gasteiger partial charge is 0.191 e. The average Bonchev–Trinajstić information content (AvgIpc) is 3.16. The summed E-state index contributed by atoms with van der Waals surface area (Å²) in [7, 11) is 1.79. The third-order valence-corrected chi connectivity index (χ3v) is 4.58. The van der Waals surface area contributed by atoms with Gasteiger partial charge in [-0.1, -0.05) is 23.7 Å². The topological polar surface area (TPSA) is 54.9 Å². The Morgan fingerprint density at radius 2 is 2.35 bits per heavy atom. The van der Waals surface area contributed by atoms with E-state index < -0.39 is 0 Å². The summed E-state index contributed by atoms with van der Waals surface area (Å²) in [6, 6.07) is 8.11. The number of hydrogen-bond acceptors (Lipinski definition) is 3. The minimum Gasteiger partial charge on any atom is -0.375 e. The normalized spacial score (nSPS) is 26.5. The van der Waals surface area contributed by atoms with Crippen molar-refractivity contribution in [3.8, 4) is 0 Å². The Balaban J connectivity index is 1.33. The molecule has 0 aliphatic carbocycles. The molecule has 1 aromatic rings. The Kier molecular flexibility index (Phi) is 5.75. The molecule has 2 bridgehead atoms. The second kappa shape index (κ2) is 7.99. The van der Waals surface area contributed by atoms with E-state index in [-0.39, 0.29) is 0 Å². The minimum absolute atomic E-state index is 0.345. The predicted octanol–water partition coefficient (Wildman–Crippen LogP) is 2.34. The largest absolute Gasteiger partial charge is 0.375 e. The Hall–Kier alpha value is -1.30. The van der Waals surface area contributed by atoms with Gasteiger partial charge in [-0.25, -0.2) is 0 Å². The van der Waals surface area contributed by atoms with Gasteiger partial charge in [0.25, 0.3) is 0 Å². The Morgan fingerprint density at radius 3 is 3.04 bits per heavy atom. The number of fused-ring (bicyclic) bond motifs is 2. The number of nitrogens with one attached hydrogen (secondary N) is 2. The van der Waals surface area contributed by atoms with Gasteiger partial charge in [0.05, 0.1) is 31.5 Å². The molecule has 2 N–H and O–H groups in total. The molecule has 0 saturated carbocycles. The standard InChI is InChI=1S/C17H24ClN3O2/c1-19-17(21-15-10-14-5-6-16(15)23-14)20-7-8-22-11-12-3-2-4-13(18)9-12/h2-4,9,14-16H,5-8,10-11H2,1H3,(H2,19,20,21). The van der Waals surface area contributed by atoms with Crippen molar-refractivity contribution in [3.63, 3.8) is 0 Å². The van der Waals surface area contributed by atoms with Crippen molar-refractivity contribution in [3.05, 3.63) is 34.9 Å². The molecule has 1 aromatic carbocycles. The molecular weight excluding hydrogens is 314 g/mol. The van der Waals surface area contributed by atoms with E-state index in [0.29, 0.717) is 38.0 Å². The SMILES string of the molecule is CN=C(NCCOCc1cccc(Cl)c1)NC1CC2CCC1O2. The molecule has 3 rings (SSSR count). The van der Waals surface area contributed by atoms with Gasteiger partial charge in [-0.15, -0.1) is 0 Å². The molecule has 2 fully saturated rings. The molecule has 5 nitrogen and oxygen atoms in total. The first-order chi connectivity index (χ1) is 11.2.